The van der Waals surface area contributed by atoms with Crippen LogP contribution in [0.5, 0.6) is 0 Å². The molecule has 0 unspecified atom stereocenters. The van der Waals surface area contributed by atoms with Gasteiger partial charge < -0.3 is 15.4 Å². The largest absolute Gasteiger partial charge is 0.489 e. The highest BCUT2D eigenvalue weighted by molar-refractivity contribution is 6.02. The number of halogens is 1. The standard InChI is InChI=1S/C14H18FN3O2/c1-3-13(19)18-7-5-11(15)12(8-18)20-9(2)10-4-6-17-14(10)16/h3-4,6,11-12H,1,5,7-8H2,2H3,(H2,16,17)/b10-9+/t11-,12+/m1/s1. The lowest BCUT2D eigenvalue weighted by Crippen LogP contribution is -2.48. The van der Waals surface area contributed by atoms with E-state index in [0.717, 1.165) is 0 Å². The minimum absolute atomic E-state index is 0.206. The van der Waals surface area contributed by atoms with Gasteiger partial charge in [0.05, 0.1) is 12.1 Å². The van der Waals surface area contributed by atoms with Gasteiger partial charge in [-0.1, -0.05) is 6.58 Å². The Morgan fingerprint density at radius 1 is 1.70 bits per heavy atom. The number of amides is 1. The Balaban J connectivity index is 2.07. The van der Waals surface area contributed by atoms with Crippen molar-refractivity contribution in [1.29, 1.82) is 0 Å². The molecule has 1 saturated heterocycles. The molecular formula is C14H18FN3O2. The number of carbonyl (C=O) groups excluding carboxylic acids is 1. The highest BCUT2D eigenvalue weighted by atomic mass is 19.1. The van der Waals surface area contributed by atoms with Crippen LogP contribution in [-0.2, 0) is 9.53 Å². The topological polar surface area (TPSA) is 67.9 Å². The Labute approximate surface area is 117 Å². The number of hydrogen-bond donors (Lipinski definition) is 1. The number of carbonyl (C=O) groups is 1. The molecule has 1 amide bonds. The van der Waals surface area contributed by atoms with E-state index in [9.17, 15) is 9.18 Å². The summed E-state index contributed by atoms with van der Waals surface area (Å²) in [5.74, 6) is 0.658. The second-order valence-corrected chi connectivity index (χ2v) is 4.75. The summed E-state index contributed by atoms with van der Waals surface area (Å²) in [7, 11) is 0. The molecule has 2 rings (SSSR count). The third-order valence-corrected chi connectivity index (χ3v) is 3.40. The van der Waals surface area contributed by atoms with Crippen LogP contribution in [0.1, 0.15) is 13.3 Å². The van der Waals surface area contributed by atoms with Gasteiger partial charge in [-0.15, -0.1) is 0 Å². The van der Waals surface area contributed by atoms with E-state index in [0.29, 0.717) is 23.7 Å². The summed E-state index contributed by atoms with van der Waals surface area (Å²) in [4.78, 5) is 17.0. The summed E-state index contributed by atoms with van der Waals surface area (Å²) in [5, 5.41) is 0. The molecule has 2 aliphatic rings. The molecule has 0 aromatic heterocycles. The predicted octanol–water partition coefficient (Wildman–Crippen LogP) is 1.29. The summed E-state index contributed by atoms with van der Waals surface area (Å²) >= 11 is 0. The average Bonchev–Trinajstić information content (AvgIpc) is 2.86. The van der Waals surface area contributed by atoms with Crippen LogP contribution in [0.25, 0.3) is 0 Å². The molecule has 0 spiro atoms. The van der Waals surface area contributed by atoms with Crippen LogP contribution in [0.2, 0.25) is 0 Å². The molecule has 20 heavy (non-hydrogen) atoms. The van der Waals surface area contributed by atoms with E-state index >= 15 is 0 Å². The van der Waals surface area contributed by atoms with Crippen LogP contribution in [0.4, 0.5) is 4.39 Å². The van der Waals surface area contributed by atoms with Crippen LogP contribution in [-0.4, -0.2) is 42.0 Å². The van der Waals surface area contributed by atoms with Gasteiger partial charge in [0.1, 0.15) is 23.9 Å². The van der Waals surface area contributed by atoms with Gasteiger partial charge in [-0.25, -0.2) is 9.38 Å². The Bertz CT molecular complexity index is 511. The first-order chi connectivity index (χ1) is 9.52. The Kier molecular flexibility index (Phi) is 4.22. The number of nitrogens with two attached hydrogens (primary N) is 1. The van der Waals surface area contributed by atoms with Gasteiger partial charge in [0.2, 0.25) is 5.91 Å². The van der Waals surface area contributed by atoms with E-state index in [1.165, 1.54) is 11.0 Å². The van der Waals surface area contributed by atoms with Gasteiger partial charge in [0.15, 0.2) is 0 Å². The fourth-order valence-electron chi connectivity index (χ4n) is 2.26. The number of aliphatic imine (C=N–C) groups is 1. The quantitative estimate of drug-likeness (QED) is 0.625. The number of alkyl halides is 1. The van der Waals surface area contributed by atoms with E-state index in [1.54, 1.807) is 19.2 Å². The number of hydrogen-bond acceptors (Lipinski definition) is 4. The van der Waals surface area contributed by atoms with Crippen LogP contribution in [0, 0.1) is 0 Å². The third-order valence-electron chi connectivity index (χ3n) is 3.40. The molecule has 0 saturated carbocycles. The maximum absolute atomic E-state index is 13.9. The second kappa shape index (κ2) is 5.90. The van der Waals surface area contributed by atoms with Crippen LogP contribution in [0.15, 0.2) is 41.3 Å². The molecule has 2 atom stereocenters. The van der Waals surface area contributed by atoms with E-state index in [4.69, 9.17) is 10.5 Å². The maximum Gasteiger partial charge on any atom is 0.246 e. The number of piperidine rings is 1. The fraction of sp³-hybridized carbons (Fsp3) is 0.429. The number of amidine groups is 1. The summed E-state index contributed by atoms with van der Waals surface area (Å²) in [6.07, 6.45) is 2.97. The van der Waals surface area contributed by atoms with Gasteiger partial charge in [-0.2, -0.15) is 0 Å². The first-order valence-electron chi connectivity index (χ1n) is 6.46. The molecule has 1 fully saturated rings. The molecule has 2 heterocycles. The van der Waals surface area contributed by atoms with E-state index in [2.05, 4.69) is 11.6 Å². The molecule has 2 aliphatic heterocycles. The average molecular weight is 279 g/mol. The zero-order valence-corrected chi connectivity index (χ0v) is 11.4. The monoisotopic (exact) mass is 279 g/mol. The van der Waals surface area contributed by atoms with Gasteiger partial charge in [-0.05, 0) is 25.5 Å². The first kappa shape index (κ1) is 14.3. The summed E-state index contributed by atoms with van der Waals surface area (Å²) in [5.41, 5.74) is 6.35. The Morgan fingerprint density at radius 2 is 2.45 bits per heavy atom. The molecule has 0 aromatic rings. The lowest BCUT2D eigenvalue weighted by Gasteiger charge is -2.35. The van der Waals surface area contributed by atoms with Crippen molar-refractivity contribution in [2.24, 2.45) is 10.7 Å². The Hall–Kier alpha value is -2.11. The lowest BCUT2D eigenvalue weighted by molar-refractivity contribution is -0.131. The Morgan fingerprint density at radius 3 is 3.05 bits per heavy atom. The van der Waals surface area contributed by atoms with Crippen molar-refractivity contribution in [2.45, 2.75) is 25.6 Å². The predicted molar refractivity (Wildman–Crippen MR) is 74.6 cm³/mol. The molecule has 2 N–H and O–H groups in total. The summed E-state index contributed by atoms with van der Waals surface area (Å²) in [6, 6.07) is 0. The molecule has 108 valence electrons. The SMILES string of the molecule is C=CC(=O)N1CC[C@@H](F)[C@@H](O/C(C)=C2\C=CN=C2N)C1. The van der Waals surface area contributed by atoms with Crippen molar-refractivity contribution >= 4 is 11.7 Å². The van der Waals surface area contributed by atoms with Crippen molar-refractivity contribution in [3.63, 3.8) is 0 Å². The van der Waals surface area contributed by atoms with Crippen molar-refractivity contribution in [2.75, 3.05) is 13.1 Å². The fourth-order valence-corrected chi connectivity index (χ4v) is 2.26. The number of ether oxygens (including phenoxy) is 1. The van der Waals surface area contributed by atoms with E-state index in [1.807, 2.05) is 0 Å². The number of rotatable bonds is 3. The van der Waals surface area contributed by atoms with E-state index < -0.39 is 12.3 Å². The molecule has 5 nitrogen and oxygen atoms in total. The third kappa shape index (κ3) is 2.89. The van der Waals surface area contributed by atoms with Gasteiger partial charge in [0, 0.05) is 12.7 Å². The minimum Gasteiger partial charge on any atom is -0.489 e. The summed E-state index contributed by atoms with van der Waals surface area (Å²) < 4.78 is 19.6. The number of nitrogens with zero attached hydrogens (tertiary/aromatic N) is 2. The molecular weight excluding hydrogens is 261 g/mol. The van der Waals surface area contributed by atoms with E-state index in [-0.39, 0.29) is 18.9 Å². The second-order valence-electron chi connectivity index (χ2n) is 4.75. The lowest BCUT2D eigenvalue weighted by atomic mass is 10.1. The molecule has 6 heteroatoms. The molecule has 0 bridgehead atoms. The minimum atomic E-state index is -1.11. The highest BCUT2D eigenvalue weighted by Gasteiger charge is 2.32. The molecule has 0 aliphatic carbocycles. The van der Waals surface area contributed by atoms with Gasteiger partial charge in [0.25, 0.3) is 0 Å². The van der Waals surface area contributed by atoms with Crippen molar-refractivity contribution in [3.05, 3.63) is 36.3 Å². The van der Waals surface area contributed by atoms with Crippen LogP contribution < -0.4 is 5.73 Å². The zero-order chi connectivity index (χ0) is 14.7. The number of likely N-dealkylation sites (tertiary alicyclic amines) is 1. The van der Waals surface area contributed by atoms with Gasteiger partial charge >= 0.3 is 0 Å². The first-order valence-corrected chi connectivity index (χ1v) is 6.46. The molecule has 0 radical (unpaired) electrons. The highest BCUT2D eigenvalue weighted by Crippen LogP contribution is 2.22. The zero-order valence-electron chi connectivity index (χ0n) is 11.4. The van der Waals surface area contributed by atoms with Crippen LogP contribution >= 0.6 is 0 Å². The van der Waals surface area contributed by atoms with Gasteiger partial charge in [-0.3, -0.25) is 4.79 Å². The normalized spacial score (nSPS) is 28.1. The van der Waals surface area contributed by atoms with Crippen molar-refractivity contribution in [3.8, 4) is 0 Å². The summed E-state index contributed by atoms with van der Waals surface area (Å²) in [6.45, 7) is 5.74. The smallest absolute Gasteiger partial charge is 0.246 e. The van der Waals surface area contributed by atoms with Crippen molar-refractivity contribution < 1.29 is 13.9 Å². The number of allylic oxidation sites excluding steroid dienone is 1. The maximum atomic E-state index is 13.9. The van der Waals surface area contributed by atoms with Crippen molar-refractivity contribution in [1.82, 2.24) is 4.90 Å². The van der Waals surface area contributed by atoms with Crippen LogP contribution in [0.3, 0.4) is 0 Å². The molecule has 0 aromatic carbocycles.